The van der Waals surface area contributed by atoms with Gasteiger partial charge in [0.25, 0.3) is 0 Å². The van der Waals surface area contributed by atoms with Gasteiger partial charge in [-0.05, 0) is 12.5 Å². The van der Waals surface area contributed by atoms with Crippen molar-refractivity contribution in [3.05, 3.63) is 23.8 Å². The van der Waals surface area contributed by atoms with Gasteiger partial charge in [-0.3, -0.25) is 0 Å². The molecule has 90 valence electrons. The van der Waals surface area contributed by atoms with Crippen molar-refractivity contribution in [3.8, 4) is 0 Å². The number of aromatic nitrogens is 2. The highest BCUT2D eigenvalue weighted by molar-refractivity contribution is 5.04. The number of hydrogen-bond donors (Lipinski definition) is 1. The molecule has 0 fully saturated rings. The Morgan fingerprint density at radius 1 is 1.44 bits per heavy atom. The third-order valence-corrected chi connectivity index (χ3v) is 2.37. The molecule has 1 unspecified atom stereocenters. The molecule has 0 radical (unpaired) electrons. The summed E-state index contributed by atoms with van der Waals surface area (Å²) >= 11 is 0. The summed E-state index contributed by atoms with van der Waals surface area (Å²) in [5, 5.41) is 3.33. The SMILES string of the molecule is CCC(OC)c1nccc(CNC(C)C)n1. The molecule has 0 aliphatic heterocycles. The molecule has 0 bridgehead atoms. The highest BCUT2D eigenvalue weighted by Crippen LogP contribution is 2.15. The Labute approximate surface area is 97.5 Å². The molecule has 1 aromatic heterocycles. The molecule has 0 saturated heterocycles. The third-order valence-electron chi connectivity index (χ3n) is 2.37. The Morgan fingerprint density at radius 3 is 2.75 bits per heavy atom. The minimum atomic E-state index is -0.000926. The van der Waals surface area contributed by atoms with Crippen molar-refractivity contribution in [3.63, 3.8) is 0 Å². The van der Waals surface area contributed by atoms with Crippen molar-refractivity contribution in [2.75, 3.05) is 7.11 Å². The lowest BCUT2D eigenvalue weighted by Crippen LogP contribution is -2.23. The van der Waals surface area contributed by atoms with Crippen LogP contribution in [0.2, 0.25) is 0 Å². The molecule has 1 heterocycles. The summed E-state index contributed by atoms with van der Waals surface area (Å²) in [5.74, 6) is 0.771. The van der Waals surface area contributed by atoms with Gasteiger partial charge in [-0.1, -0.05) is 20.8 Å². The lowest BCUT2D eigenvalue weighted by Gasteiger charge is -2.13. The maximum atomic E-state index is 5.32. The highest BCUT2D eigenvalue weighted by Gasteiger charge is 2.11. The minimum Gasteiger partial charge on any atom is -0.373 e. The van der Waals surface area contributed by atoms with Gasteiger partial charge in [0.1, 0.15) is 6.10 Å². The van der Waals surface area contributed by atoms with Gasteiger partial charge in [-0.2, -0.15) is 0 Å². The molecule has 1 rings (SSSR count). The van der Waals surface area contributed by atoms with E-state index < -0.39 is 0 Å². The van der Waals surface area contributed by atoms with Crippen molar-refractivity contribution in [2.45, 2.75) is 45.9 Å². The zero-order valence-electron chi connectivity index (χ0n) is 10.5. The number of methoxy groups -OCH3 is 1. The highest BCUT2D eigenvalue weighted by atomic mass is 16.5. The Hall–Kier alpha value is -1.00. The Balaban J connectivity index is 2.70. The van der Waals surface area contributed by atoms with E-state index in [0.717, 1.165) is 24.5 Å². The van der Waals surface area contributed by atoms with Crippen LogP contribution in [-0.4, -0.2) is 23.1 Å². The van der Waals surface area contributed by atoms with E-state index in [1.165, 1.54) is 0 Å². The third kappa shape index (κ3) is 3.87. The standard InChI is InChI=1S/C12H21N3O/c1-5-11(16-4)12-13-7-6-10(15-12)8-14-9(2)3/h6-7,9,11,14H,5,8H2,1-4H3. The van der Waals surface area contributed by atoms with Crippen LogP contribution in [0.5, 0.6) is 0 Å². The van der Waals surface area contributed by atoms with Gasteiger partial charge in [0.2, 0.25) is 0 Å². The molecule has 4 heteroatoms. The fourth-order valence-corrected chi connectivity index (χ4v) is 1.43. The summed E-state index contributed by atoms with van der Waals surface area (Å²) in [6, 6.07) is 2.39. The van der Waals surface area contributed by atoms with Gasteiger partial charge in [0.05, 0.1) is 5.69 Å². The molecular formula is C12H21N3O. The van der Waals surface area contributed by atoms with Gasteiger partial charge in [-0.25, -0.2) is 9.97 Å². The quantitative estimate of drug-likeness (QED) is 0.802. The van der Waals surface area contributed by atoms with Crippen LogP contribution < -0.4 is 5.32 Å². The molecule has 16 heavy (non-hydrogen) atoms. The van der Waals surface area contributed by atoms with Gasteiger partial charge in [0, 0.05) is 25.9 Å². The molecule has 1 atom stereocenters. The first kappa shape index (κ1) is 13.1. The fraction of sp³-hybridized carbons (Fsp3) is 0.667. The van der Waals surface area contributed by atoms with E-state index in [0.29, 0.717) is 6.04 Å². The van der Waals surface area contributed by atoms with Crippen LogP contribution in [0.1, 0.15) is 44.8 Å². The van der Waals surface area contributed by atoms with E-state index in [2.05, 4.69) is 36.1 Å². The molecular weight excluding hydrogens is 202 g/mol. The van der Waals surface area contributed by atoms with Crippen molar-refractivity contribution in [2.24, 2.45) is 0 Å². The number of nitrogens with one attached hydrogen (secondary N) is 1. The Kier molecular flexibility index (Phi) is 5.35. The van der Waals surface area contributed by atoms with Gasteiger partial charge in [0.15, 0.2) is 5.82 Å². The molecule has 4 nitrogen and oxygen atoms in total. The van der Waals surface area contributed by atoms with Gasteiger partial charge >= 0.3 is 0 Å². The number of nitrogens with zero attached hydrogens (tertiary/aromatic N) is 2. The van der Waals surface area contributed by atoms with Crippen molar-refractivity contribution >= 4 is 0 Å². The van der Waals surface area contributed by atoms with E-state index in [-0.39, 0.29) is 6.10 Å². The summed E-state index contributed by atoms with van der Waals surface area (Å²) in [6.07, 6.45) is 2.68. The second-order valence-corrected chi connectivity index (χ2v) is 4.07. The fourth-order valence-electron chi connectivity index (χ4n) is 1.43. The molecule has 0 aliphatic rings. The molecule has 0 saturated carbocycles. The van der Waals surface area contributed by atoms with Crippen LogP contribution >= 0.6 is 0 Å². The largest absolute Gasteiger partial charge is 0.373 e. The first-order valence-electron chi connectivity index (χ1n) is 5.75. The minimum absolute atomic E-state index is 0.000926. The summed E-state index contributed by atoms with van der Waals surface area (Å²) in [7, 11) is 1.69. The average Bonchev–Trinajstić information content (AvgIpc) is 2.29. The summed E-state index contributed by atoms with van der Waals surface area (Å²) in [5.41, 5.74) is 1.01. The van der Waals surface area contributed by atoms with Gasteiger partial charge < -0.3 is 10.1 Å². The number of hydrogen-bond acceptors (Lipinski definition) is 4. The monoisotopic (exact) mass is 223 g/mol. The average molecular weight is 223 g/mol. The lowest BCUT2D eigenvalue weighted by molar-refractivity contribution is 0.0923. The van der Waals surface area contributed by atoms with Crippen LogP contribution in [-0.2, 0) is 11.3 Å². The van der Waals surface area contributed by atoms with Gasteiger partial charge in [-0.15, -0.1) is 0 Å². The van der Waals surface area contributed by atoms with Crippen LogP contribution in [0.15, 0.2) is 12.3 Å². The second kappa shape index (κ2) is 6.55. The summed E-state index contributed by atoms with van der Waals surface area (Å²) < 4.78 is 5.32. The lowest BCUT2D eigenvalue weighted by atomic mass is 10.2. The van der Waals surface area contributed by atoms with E-state index in [4.69, 9.17) is 4.74 Å². The Bertz CT molecular complexity index is 311. The maximum Gasteiger partial charge on any atom is 0.157 e. The number of ether oxygens (including phenoxy) is 1. The van der Waals surface area contributed by atoms with Crippen LogP contribution in [0, 0.1) is 0 Å². The zero-order chi connectivity index (χ0) is 12.0. The van der Waals surface area contributed by atoms with E-state index in [1.807, 2.05) is 6.07 Å². The van der Waals surface area contributed by atoms with Crippen LogP contribution in [0.4, 0.5) is 0 Å². The first-order valence-corrected chi connectivity index (χ1v) is 5.75. The van der Waals surface area contributed by atoms with Crippen molar-refractivity contribution in [1.29, 1.82) is 0 Å². The maximum absolute atomic E-state index is 5.32. The molecule has 0 aliphatic carbocycles. The van der Waals surface area contributed by atoms with E-state index >= 15 is 0 Å². The van der Waals surface area contributed by atoms with Crippen LogP contribution in [0.25, 0.3) is 0 Å². The smallest absolute Gasteiger partial charge is 0.157 e. The predicted octanol–water partition coefficient (Wildman–Crippen LogP) is 2.07. The zero-order valence-corrected chi connectivity index (χ0v) is 10.5. The molecule has 1 aromatic rings. The molecule has 0 aromatic carbocycles. The normalized spacial score (nSPS) is 13.1. The summed E-state index contributed by atoms with van der Waals surface area (Å²) in [4.78, 5) is 8.73. The topological polar surface area (TPSA) is 47.0 Å². The second-order valence-electron chi connectivity index (χ2n) is 4.07. The summed E-state index contributed by atoms with van der Waals surface area (Å²) in [6.45, 7) is 7.07. The Morgan fingerprint density at radius 2 is 2.19 bits per heavy atom. The molecule has 1 N–H and O–H groups in total. The van der Waals surface area contributed by atoms with E-state index in [1.54, 1.807) is 13.3 Å². The van der Waals surface area contributed by atoms with Crippen molar-refractivity contribution < 1.29 is 4.74 Å². The van der Waals surface area contributed by atoms with Crippen molar-refractivity contribution in [1.82, 2.24) is 15.3 Å². The predicted molar refractivity (Wildman–Crippen MR) is 64.0 cm³/mol. The molecule has 0 amide bonds. The molecule has 0 spiro atoms. The van der Waals surface area contributed by atoms with Crippen LogP contribution in [0.3, 0.4) is 0 Å². The number of rotatable bonds is 6. The van der Waals surface area contributed by atoms with E-state index in [9.17, 15) is 0 Å². The first-order chi connectivity index (χ1) is 7.67.